The Labute approximate surface area is 128 Å². The van der Waals surface area contributed by atoms with E-state index in [0.717, 1.165) is 0 Å². The normalized spacial score (nSPS) is 12.8. The summed E-state index contributed by atoms with van der Waals surface area (Å²) >= 11 is 0. The van der Waals surface area contributed by atoms with Crippen molar-refractivity contribution in [1.82, 2.24) is 0 Å². The van der Waals surface area contributed by atoms with Crippen molar-refractivity contribution in [2.24, 2.45) is 5.73 Å². The summed E-state index contributed by atoms with van der Waals surface area (Å²) in [4.78, 5) is 11.4. The van der Waals surface area contributed by atoms with E-state index in [1.807, 2.05) is 0 Å². The number of carbonyl (C=O) groups is 1. The van der Waals surface area contributed by atoms with Gasteiger partial charge in [0, 0.05) is 12.1 Å². The summed E-state index contributed by atoms with van der Waals surface area (Å²) in [6.07, 6.45) is -2.11. The van der Waals surface area contributed by atoms with E-state index in [1.54, 1.807) is 6.92 Å². The summed E-state index contributed by atoms with van der Waals surface area (Å²) in [6, 6.07) is 1.29. The zero-order valence-corrected chi connectivity index (χ0v) is 12.8. The van der Waals surface area contributed by atoms with Crippen LogP contribution in [-0.4, -0.2) is 38.1 Å². The van der Waals surface area contributed by atoms with Crippen molar-refractivity contribution in [3.05, 3.63) is 17.7 Å². The first-order valence-electron chi connectivity index (χ1n) is 5.97. The number of hydrogen-bond acceptors (Lipinski definition) is 6. The summed E-state index contributed by atoms with van der Waals surface area (Å²) in [5, 5.41) is 9.91. The van der Waals surface area contributed by atoms with Crippen LogP contribution in [0.5, 0.6) is 17.2 Å². The molecule has 0 saturated heterocycles. The number of phenolic OH excluding ortho intramolecular Hbond substituents is 1. The van der Waals surface area contributed by atoms with Gasteiger partial charge in [-0.2, -0.15) is 0 Å². The van der Waals surface area contributed by atoms with E-state index in [0.29, 0.717) is 5.75 Å². The number of esters is 1. The monoisotopic (exact) mass is 323 g/mol. The molecule has 2 atom stereocenters. The molecule has 0 spiro atoms. The maximum Gasteiger partial charge on any atom is 0.342 e. The van der Waals surface area contributed by atoms with Crippen LogP contribution < -0.4 is 15.2 Å². The molecule has 0 saturated carbocycles. The quantitative estimate of drug-likeness (QED) is 0.775. The van der Waals surface area contributed by atoms with Crippen molar-refractivity contribution < 1.29 is 28.5 Å². The van der Waals surface area contributed by atoms with Gasteiger partial charge < -0.3 is 25.1 Å². The van der Waals surface area contributed by atoms with Crippen molar-refractivity contribution >= 4 is 18.4 Å². The Hall–Kier alpha value is -1.73. The Morgan fingerprint density at radius 2 is 2.00 bits per heavy atom. The van der Waals surface area contributed by atoms with Gasteiger partial charge in [0.15, 0.2) is 0 Å². The van der Waals surface area contributed by atoms with Crippen LogP contribution in [0.1, 0.15) is 18.5 Å². The number of halogens is 2. The lowest BCUT2D eigenvalue weighted by Gasteiger charge is -2.20. The number of carbonyl (C=O) groups excluding carboxylic acids is 1. The molecule has 0 bridgehead atoms. The Balaban J connectivity index is 0.00000400. The molecule has 1 unspecified atom stereocenters. The molecule has 21 heavy (non-hydrogen) atoms. The Bertz CT molecular complexity index is 486. The summed E-state index contributed by atoms with van der Waals surface area (Å²) in [5.41, 5.74) is 5.66. The SMILES string of the molecule is CCOC(=O)C(F)[C@@H](N)c1c(O)cc(OC)cc1OC.Cl. The van der Waals surface area contributed by atoms with Gasteiger partial charge >= 0.3 is 5.97 Å². The number of rotatable bonds is 6. The van der Waals surface area contributed by atoms with Gasteiger partial charge in [0.1, 0.15) is 17.2 Å². The third kappa shape index (κ3) is 4.37. The first-order chi connectivity index (χ1) is 9.46. The molecule has 1 rings (SSSR count). The minimum Gasteiger partial charge on any atom is -0.507 e. The fourth-order valence-corrected chi connectivity index (χ4v) is 1.72. The summed E-state index contributed by atoms with van der Waals surface area (Å²) in [7, 11) is 2.74. The molecular weight excluding hydrogens is 305 g/mol. The van der Waals surface area contributed by atoms with E-state index in [9.17, 15) is 14.3 Å². The maximum atomic E-state index is 13.9. The molecule has 0 aliphatic carbocycles. The number of nitrogens with two attached hydrogens (primary N) is 1. The fourth-order valence-electron chi connectivity index (χ4n) is 1.72. The van der Waals surface area contributed by atoms with Crippen LogP contribution >= 0.6 is 12.4 Å². The molecule has 0 aliphatic heterocycles. The number of hydrogen-bond donors (Lipinski definition) is 2. The van der Waals surface area contributed by atoms with Crippen LogP contribution in [0.2, 0.25) is 0 Å². The molecule has 0 amide bonds. The second kappa shape index (κ2) is 8.53. The Morgan fingerprint density at radius 3 is 2.48 bits per heavy atom. The predicted molar refractivity (Wildman–Crippen MR) is 76.9 cm³/mol. The molecule has 0 fully saturated rings. The van der Waals surface area contributed by atoms with Crippen LogP contribution in [0.4, 0.5) is 4.39 Å². The highest BCUT2D eigenvalue weighted by atomic mass is 35.5. The smallest absolute Gasteiger partial charge is 0.342 e. The summed E-state index contributed by atoms with van der Waals surface area (Å²) in [6.45, 7) is 1.60. The van der Waals surface area contributed by atoms with Crippen LogP contribution in [0, 0.1) is 0 Å². The van der Waals surface area contributed by atoms with E-state index >= 15 is 0 Å². The van der Waals surface area contributed by atoms with Gasteiger partial charge in [-0.15, -0.1) is 12.4 Å². The molecule has 0 heterocycles. The lowest BCUT2D eigenvalue weighted by atomic mass is 10.0. The van der Waals surface area contributed by atoms with Gasteiger partial charge in [0.2, 0.25) is 6.17 Å². The minimum atomic E-state index is -2.11. The van der Waals surface area contributed by atoms with Crippen molar-refractivity contribution in [2.45, 2.75) is 19.1 Å². The molecule has 120 valence electrons. The highest BCUT2D eigenvalue weighted by Gasteiger charge is 2.32. The average molecular weight is 324 g/mol. The first kappa shape index (κ1) is 19.3. The zero-order chi connectivity index (χ0) is 15.3. The zero-order valence-electron chi connectivity index (χ0n) is 12.0. The van der Waals surface area contributed by atoms with E-state index < -0.39 is 18.2 Å². The number of ether oxygens (including phenoxy) is 3. The number of benzene rings is 1. The second-order valence-electron chi connectivity index (χ2n) is 3.94. The lowest BCUT2D eigenvalue weighted by Crippen LogP contribution is -2.31. The Morgan fingerprint density at radius 1 is 1.38 bits per heavy atom. The molecule has 0 radical (unpaired) electrons. The molecule has 0 aromatic heterocycles. The molecule has 8 heteroatoms. The third-order valence-electron chi connectivity index (χ3n) is 2.71. The van der Waals surface area contributed by atoms with Crippen molar-refractivity contribution in [3.8, 4) is 17.2 Å². The van der Waals surface area contributed by atoms with E-state index in [2.05, 4.69) is 4.74 Å². The van der Waals surface area contributed by atoms with Crippen LogP contribution in [-0.2, 0) is 9.53 Å². The van der Waals surface area contributed by atoms with Crippen molar-refractivity contribution in [2.75, 3.05) is 20.8 Å². The van der Waals surface area contributed by atoms with E-state index in [1.165, 1.54) is 26.4 Å². The highest BCUT2D eigenvalue weighted by Crippen LogP contribution is 2.38. The highest BCUT2D eigenvalue weighted by molar-refractivity contribution is 5.85. The average Bonchev–Trinajstić information content (AvgIpc) is 2.44. The van der Waals surface area contributed by atoms with Gasteiger partial charge in [-0.05, 0) is 6.92 Å². The number of phenols is 1. The predicted octanol–water partition coefficient (Wildman–Crippen LogP) is 1.73. The molecular formula is C13H19ClFNO5. The van der Waals surface area contributed by atoms with Gasteiger partial charge in [0.05, 0.1) is 32.4 Å². The van der Waals surface area contributed by atoms with Gasteiger partial charge in [-0.1, -0.05) is 0 Å². The molecule has 0 aliphatic rings. The summed E-state index contributed by atoms with van der Waals surface area (Å²) in [5.74, 6) is -0.957. The third-order valence-corrected chi connectivity index (χ3v) is 2.71. The van der Waals surface area contributed by atoms with Gasteiger partial charge in [-0.3, -0.25) is 0 Å². The van der Waals surface area contributed by atoms with Crippen LogP contribution in [0.25, 0.3) is 0 Å². The topological polar surface area (TPSA) is 91.0 Å². The standard InChI is InChI=1S/C13H18FNO5.ClH/c1-4-20-13(17)11(14)12(15)10-8(16)5-7(18-2)6-9(10)19-3;/h5-6,11-12,16H,4,15H2,1-3H3;1H/t11?,12-;/m0./s1. The molecule has 6 nitrogen and oxygen atoms in total. The second-order valence-corrected chi connectivity index (χ2v) is 3.94. The van der Waals surface area contributed by atoms with E-state index in [-0.39, 0.29) is 36.1 Å². The number of methoxy groups -OCH3 is 2. The van der Waals surface area contributed by atoms with Crippen molar-refractivity contribution in [3.63, 3.8) is 0 Å². The van der Waals surface area contributed by atoms with Gasteiger partial charge in [0.25, 0.3) is 0 Å². The minimum absolute atomic E-state index is 0. The lowest BCUT2D eigenvalue weighted by molar-refractivity contribution is -0.149. The molecule has 3 N–H and O–H groups in total. The maximum absolute atomic E-state index is 13.9. The van der Waals surface area contributed by atoms with E-state index in [4.69, 9.17) is 15.2 Å². The Kier molecular flexibility index (Phi) is 7.83. The van der Waals surface area contributed by atoms with Crippen molar-refractivity contribution in [1.29, 1.82) is 0 Å². The summed E-state index contributed by atoms with van der Waals surface area (Å²) < 4.78 is 28.5. The van der Waals surface area contributed by atoms with Crippen LogP contribution in [0.15, 0.2) is 12.1 Å². The number of alkyl halides is 1. The van der Waals surface area contributed by atoms with Gasteiger partial charge in [-0.25, -0.2) is 9.18 Å². The first-order valence-corrected chi connectivity index (χ1v) is 5.97. The molecule has 1 aromatic carbocycles. The fraction of sp³-hybridized carbons (Fsp3) is 0.462. The largest absolute Gasteiger partial charge is 0.507 e. The van der Waals surface area contributed by atoms with Crippen LogP contribution in [0.3, 0.4) is 0 Å². The molecule has 1 aromatic rings. The number of aromatic hydroxyl groups is 1.